The Labute approximate surface area is 86.0 Å². The van der Waals surface area contributed by atoms with Crippen LogP contribution in [0.25, 0.3) is 0 Å². The molecular formula is C10H11F2NS. The second-order valence-electron chi connectivity index (χ2n) is 2.72. The van der Waals surface area contributed by atoms with Crippen molar-refractivity contribution >= 4 is 11.8 Å². The van der Waals surface area contributed by atoms with Crippen molar-refractivity contribution in [2.24, 2.45) is 5.73 Å². The first kappa shape index (κ1) is 11.2. The molecule has 0 spiro atoms. The molecule has 76 valence electrons. The fourth-order valence-electron chi connectivity index (χ4n) is 0.868. The zero-order chi connectivity index (χ0) is 10.4. The molecule has 0 aromatic heterocycles. The Morgan fingerprint density at radius 2 is 2.29 bits per heavy atom. The van der Waals surface area contributed by atoms with Gasteiger partial charge in [0.15, 0.2) is 0 Å². The monoisotopic (exact) mass is 215 g/mol. The van der Waals surface area contributed by atoms with Crippen LogP contribution in [-0.2, 0) is 0 Å². The van der Waals surface area contributed by atoms with Crippen LogP contribution in [0.2, 0.25) is 0 Å². The van der Waals surface area contributed by atoms with Gasteiger partial charge in [0.05, 0.1) is 6.33 Å². The van der Waals surface area contributed by atoms with Crippen LogP contribution < -0.4 is 5.73 Å². The van der Waals surface area contributed by atoms with E-state index >= 15 is 0 Å². The standard InChI is InChI=1S/C10H11F2NS/c11-5-8(6-13)7-14-10-3-1-2-9(12)4-10/h1-5H,6-7,13H2/b8-5+. The number of hydrogen-bond acceptors (Lipinski definition) is 2. The van der Waals surface area contributed by atoms with Crippen LogP contribution in [0.5, 0.6) is 0 Å². The van der Waals surface area contributed by atoms with Gasteiger partial charge >= 0.3 is 0 Å². The van der Waals surface area contributed by atoms with Gasteiger partial charge in [0.2, 0.25) is 0 Å². The van der Waals surface area contributed by atoms with Crippen LogP contribution in [0.1, 0.15) is 0 Å². The third kappa shape index (κ3) is 3.47. The van der Waals surface area contributed by atoms with Gasteiger partial charge in [-0.05, 0) is 23.8 Å². The van der Waals surface area contributed by atoms with E-state index in [0.717, 1.165) is 4.90 Å². The summed E-state index contributed by atoms with van der Waals surface area (Å²) in [5.74, 6) is 0.171. The topological polar surface area (TPSA) is 26.0 Å². The molecule has 0 bridgehead atoms. The molecule has 0 heterocycles. The van der Waals surface area contributed by atoms with E-state index in [1.54, 1.807) is 12.1 Å². The summed E-state index contributed by atoms with van der Waals surface area (Å²) < 4.78 is 24.8. The highest BCUT2D eigenvalue weighted by Crippen LogP contribution is 2.20. The minimum absolute atomic E-state index is 0.193. The van der Waals surface area contributed by atoms with Crippen LogP contribution in [-0.4, -0.2) is 12.3 Å². The minimum Gasteiger partial charge on any atom is -0.327 e. The highest BCUT2D eigenvalue weighted by molar-refractivity contribution is 7.99. The van der Waals surface area contributed by atoms with E-state index in [1.807, 2.05) is 0 Å². The minimum atomic E-state index is -0.284. The quantitative estimate of drug-likeness (QED) is 0.781. The van der Waals surface area contributed by atoms with Gasteiger partial charge in [0.1, 0.15) is 5.82 Å². The van der Waals surface area contributed by atoms with Crippen molar-refractivity contribution in [3.8, 4) is 0 Å². The molecule has 1 aromatic rings. The summed E-state index contributed by atoms with van der Waals surface area (Å²) in [6.45, 7) is 0.193. The lowest BCUT2D eigenvalue weighted by Crippen LogP contribution is -2.04. The number of rotatable bonds is 4. The fraction of sp³-hybridized carbons (Fsp3) is 0.200. The summed E-state index contributed by atoms with van der Waals surface area (Å²) in [5, 5.41) is 0. The average Bonchev–Trinajstić information content (AvgIpc) is 2.19. The Bertz CT molecular complexity index is 326. The van der Waals surface area contributed by atoms with Crippen molar-refractivity contribution < 1.29 is 8.78 Å². The first-order valence-electron chi connectivity index (χ1n) is 4.13. The molecule has 4 heteroatoms. The number of halogens is 2. The number of hydrogen-bond donors (Lipinski definition) is 1. The molecule has 0 aliphatic rings. The fourth-order valence-corrected chi connectivity index (χ4v) is 1.77. The summed E-state index contributed by atoms with van der Waals surface area (Å²) >= 11 is 1.36. The largest absolute Gasteiger partial charge is 0.327 e. The van der Waals surface area contributed by atoms with Crippen LogP contribution in [0.15, 0.2) is 41.1 Å². The van der Waals surface area contributed by atoms with Crippen molar-refractivity contribution in [2.75, 3.05) is 12.3 Å². The number of nitrogens with two attached hydrogens (primary N) is 1. The van der Waals surface area contributed by atoms with Crippen LogP contribution in [0.3, 0.4) is 0 Å². The van der Waals surface area contributed by atoms with Gasteiger partial charge in [-0.3, -0.25) is 0 Å². The smallest absolute Gasteiger partial charge is 0.124 e. The highest BCUT2D eigenvalue weighted by Gasteiger charge is 1.99. The summed E-state index contributed by atoms with van der Waals surface area (Å²) in [6, 6.07) is 6.19. The molecule has 0 atom stereocenters. The average molecular weight is 215 g/mol. The Morgan fingerprint density at radius 3 is 2.86 bits per heavy atom. The SMILES string of the molecule is NC/C(=C\F)CSc1cccc(F)c1. The Kier molecular flexibility index (Phi) is 4.62. The zero-order valence-corrected chi connectivity index (χ0v) is 8.36. The predicted octanol–water partition coefficient (Wildman–Crippen LogP) is 2.73. The lowest BCUT2D eigenvalue weighted by Gasteiger charge is -2.02. The molecule has 0 aliphatic carbocycles. The van der Waals surface area contributed by atoms with E-state index in [2.05, 4.69) is 0 Å². The molecule has 0 aliphatic heterocycles. The van der Waals surface area contributed by atoms with Crippen LogP contribution in [0, 0.1) is 5.82 Å². The van der Waals surface area contributed by atoms with Gasteiger partial charge in [0.25, 0.3) is 0 Å². The van der Waals surface area contributed by atoms with Gasteiger partial charge in [-0.2, -0.15) is 0 Å². The van der Waals surface area contributed by atoms with Gasteiger partial charge in [-0.1, -0.05) is 6.07 Å². The molecule has 0 fully saturated rings. The Balaban J connectivity index is 2.53. The molecule has 1 aromatic carbocycles. The van der Waals surface area contributed by atoms with Crippen molar-refractivity contribution in [3.05, 3.63) is 42.0 Å². The highest BCUT2D eigenvalue weighted by atomic mass is 32.2. The lowest BCUT2D eigenvalue weighted by molar-refractivity contribution is 0.624. The molecular weight excluding hydrogens is 204 g/mol. The second-order valence-corrected chi connectivity index (χ2v) is 3.77. The third-order valence-corrected chi connectivity index (χ3v) is 2.74. The van der Waals surface area contributed by atoms with Gasteiger partial charge in [-0.15, -0.1) is 11.8 Å². The van der Waals surface area contributed by atoms with Crippen molar-refractivity contribution in [1.82, 2.24) is 0 Å². The maximum Gasteiger partial charge on any atom is 0.124 e. The van der Waals surface area contributed by atoms with Crippen LogP contribution >= 0.6 is 11.8 Å². The van der Waals surface area contributed by atoms with Crippen molar-refractivity contribution in [3.63, 3.8) is 0 Å². The zero-order valence-electron chi connectivity index (χ0n) is 7.54. The van der Waals surface area contributed by atoms with E-state index in [-0.39, 0.29) is 12.4 Å². The van der Waals surface area contributed by atoms with E-state index in [1.165, 1.54) is 23.9 Å². The second kappa shape index (κ2) is 5.78. The summed E-state index contributed by atoms with van der Waals surface area (Å²) in [5.41, 5.74) is 5.79. The maximum absolute atomic E-state index is 12.7. The molecule has 0 amide bonds. The number of thioether (sulfide) groups is 1. The predicted molar refractivity (Wildman–Crippen MR) is 55.4 cm³/mol. The molecule has 0 radical (unpaired) electrons. The summed E-state index contributed by atoms with van der Waals surface area (Å²) in [4.78, 5) is 0.776. The Hall–Kier alpha value is -0.870. The molecule has 1 rings (SSSR count). The normalized spacial score (nSPS) is 11.8. The van der Waals surface area contributed by atoms with Gasteiger partial charge < -0.3 is 5.73 Å². The lowest BCUT2D eigenvalue weighted by atomic mass is 10.3. The third-order valence-electron chi connectivity index (χ3n) is 1.64. The van der Waals surface area contributed by atoms with E-state index < -0.39 is 0 Å². The molecule has 0 unspecified atom stereocenters. The molecule has 0 saturated heterocycles. The maximum atomic E-state index is 12.7. The van der Waals surface area contributed by atoms with Gasteiger partial charge in [0, 0.05) is 17.2 Å². The summed E-state index contributed by atoms with van der Waals surface area (Å²) in [7, 11) is 0. The molecule has 1 nitrogen and oxygen atoms in total. The molecule has 2 N–H and O–H groups in total. The Morgan fingerprint density at radius 1 is 1.50 bits per heavy atom. The van der Waals surface area contributed by atoms with E-state index in [0.29, 0.717) is 17.7 Å². The van der Waals surface area contributed by atoms with Crippen LogP contribution in [0.4, 0.5) is 8.78 Å². The first-order valence-corrected chi connectivity index (χ1v) is 5.11. The molecule has 0 saturated carbocycles. The van der Waals surface area contributed by atoms with E-state index in [9.17, 15) is 8.78 Å². The van der Waals surface area contributed by atoms with E-state index in [4.69, 9.17) is 5.73 Å². The van der Waals surface area contributed by atoms with Crippen molar-refractivity contribution in [1.29, 1.82) is 0 Å². The summed E-state index contributed by atoms with van der Waals surface area (Å²) in [6.07, 6.45) is 0.506. The molecule has 14 heavy (non-hydrogen) atoms. The van der Waals surface area contributed by atoms with Gasteiger partial charge in [-0.25, -0.2) is 8.78 Å². The van der Waals surface area contributed by atoms with Crippen molar-refractivity contribution in [2.45, 2.75) is 4.90 Å². The first-order chi connectivity index (χ1) is 6.76. The number of benzene rings is 1.